The number of hydrogen-bond acceptors (Lipinski definition) is 3. The van der Waals surface area contributed by atoms with Crippen molar-refractivity contribution in [1.82, 2.24) is 9.88 Å². The van der Waals surface area contributed by atoms with Gasteiger partial charge in [0.25, 0.3) is 5.91 Å². The molecule has 2 rings (SSSR count). The third-order valence-electron chi connectivity index (χ3n) is 3.19. The minimum Gasteiger partial charge on any atom is -0.494 e. The van der Waals surface area contributed by atoms with E-state index in [1.807, 2.05) is 44.3 Å². The molecule has 0 aliphatic carbocycles. The van der Waals surface area contributed by atoms with Crippen LogP contribution in [0.3, 0.4) is 0 Å². The summed E-state index contributed by atoms with van der Waals surface area (Å²) in [5, 5.41) is 0. The minimum atomic E-state index is 0.00831. The van der Waals surface area contributed by atoms with Gasteiger partial charge >= 0.3 is 0 Å². The summed E-state index contributed by atoms with van der Waals surface area (Å²) >= 11 is 0. The van der Waals surface area contributed by atoms with Crippen molar-refractivity contribution in [1.29, 1.82) is 0 Å². The zero-order valence-electron chi connectivity index (χ0n) is 12.5. The first kappa shape index (κ1) is 15.0. The van der Waals surface area contributed by atoms with Gasteiger partial charge in [-0.15, -0.1) is 0 Å². The van der Waals surface area contributed by atoms with Gasteiger partial charge in [-0.1, -0.05) is 6.07 Å². The fraction of sp³-hybridized carbons (Fsp3) is 0.294. The molecule has 4 heteroatoms. The average Bonchev–Trinajstić information content (AvgIpc) is 2.54. The SMILES string of the molecule is CCOc1ccc(C(=O)N(C)CCc2ccccn2)cc1. The number of likely N-dealkylation sites (N-methyl/N-ethyl adjacent to an activating group) is 1. The molecule has 21 heavy (non-hydrogen) atoms. The Morgan fingerprint density at radius 3 is 2.57 bits per heavy atom. The number of benzene rings is 1. The topological polar surface area (TPSA) is 42.4 Å². The predicted molar refractivity (Wildman–Crippen MR) is 82.5 cm³/mol. The molecule has 0 bridgehead atoms. The van der Waals surface area contributed by atoms with Gasteiger partial charge in [-0.2, -0.15) is 0 Å². The molecule has 2 aromatic rings. The van der Waals surface area contributed by atoms with Crippen molar-refractivity contribution in [3.05, 3.63) is 59.9 Å². The largest absolute Gasteiger partial charge is 0.494 e. The van der Waals surface area contributed by atoms with Gasteiger partial charge in [0.1, 0.15) is 5.75 Å². The van der Waals surface area contributed by atoms with E-state index in [1.54, 1.807) is 23.2 Å². The third-order valence-corrected chi connectivity index (χ3v) is 3.19. The normalized spacial score (nSPS) is 10.2. The van der Waals surface area contributed by atoms with Crippen molar-refractivity contribution in [2.75, 3.05) is 20.2 Å². The number of rotatable bonds is 6. The fourth-order valence-electron chi connectivity index (χ4n) is 2.01. The van der Waals surface area contributed by atoms with Crippen LogP contribution in [0.15, 0.2) is 48.7 Å². The van der Waals surface area contributed by atoms with Gasteiger partial charge in [0.05, 0.1) is 6.61 Å². The number of amides is 1. The Morgan fingerprint density at radius 1 is 1.19 bits per heavy atom. The number of carbonyl (C=O) groups is 1. The van der Waals surface area contributed by atoms with Crippen LogP contribution < -0.4 is 4.74 Å². The van der Waals surface area contributed by atoms with Gasteiger partial charge in [0.15, 0.2) is 0 Å². The highest BCUT2D eigenvalue weighted by molar-refractivity contribution is 5.94. The van der Waals surface area contributed by atoms with Crippen LogP contribution >= 0.6 is 0 Å². The highest BCUT2D eigenvalue weighted by Crippen LogP contribution is 2.13. The molecule has 0 aliphatic rings. The zero-order chi connectivity index (χ0) is 15.1. The van der Waals surface area contributed by atoms with E-state index in [0.29, 0.717) is 18.7 Å². The molecule has 0 atom stereocenters. The van der Waals surface area contributed by atoms with Crippen LogP contribution in [-0.4, -0.2) is 36.0 Å². The maximum atomic E-state index is 12.3. The maximum Gasteiger partial charge on any atom is 0.253 e. The Kier molecular flexibility index (Phi) is 5.32. The molecule has 0 aliphatic heterocycles. The molecule has 1 aromatic carbocycles. The fourth-order valence-corrected chi connectivity index (χ4v) is 2.01. The van der Waals surface area contributed by atoms with Crippen molar-refractivity contribution in [2.24, 2.45) is 0 Å². The molecule has 0 radical (unpaired) electrons. The second kappa shape index (κ2) is 7.43. The van der Waals surface area contributed by atoms with Crippen molar-refractivity contribution in [3.8, 4) is 5.75 Å². The average molecular weight is 284 g/mol. The van der Waals surface area contributed by atoms with E-state index in [2.05, 4.69) is 4.98 Å². The third kappa shape index (κ3) is 4.31. The van der Waals surface area contributed by atoms with Crippen LogP contribution in [0.25, 0.3) is 0 Å². The van der Waals surface area contributed by atoms with Crippen LogP contribution in [0.2, 0.25) is 0 Å². The number of aromatic nitrogens is 1. The highest BCUT2D eigenvalue weighted by atomic mass is 16.5. The lowest BCUT2D eigenvalue weighted by Gasteiger charge is -2.17. The molecule has 0 saturated heterocycles. The van der Waals surface area contributed by atoms with Crippen LogP contribution in [0, 0.1) is 0 Å². The van der Waals surface area contributed by atoms with Gasteiger partial charge in [0.2, 0.25) is 0 Å². The quantitative estimate of drug-likeness (QED) is 0.819. The van der Waals surface area contributed by atoms with Crippen LogP contribution in [-0.2, 0) is 6.42 Å². The number of ether oxygens (including phenoxy) is 1. The second-order valence-corrected chi connectivity index (χ2v) is 4.76. The van der Waals surface area contributed by atoms with Crippen LogP contribution in [0.4, 0.5) is 0 Å². The lowest BCUT2D eigenvalue weighted by Crippen LogP contribution is -2.28. The van der Waals surface area contributed by atoms with Gasteiger partial charge < -0.3 is 9.64 Å². The predicted octanol–water partition coefficient (Wildman–Crippen LogP) is 2.80. The Hall–Kier alpha value is -2.36. The molecule has 0 spiro atoms. The van der Waals surface area contributed by atoms with Crippen molar-refractivity contribution >= 4 is 5.91 Å². The first-order chi connectivity index (χ1) is 10.2. The lowest BCUT2D eigenvalue weighted by molar-refractivity contribution is 0.0796. The Labute approximate surface area is 125 Å². The van der Waals surface area contributed by atoms with Gasteiger partial charge in [-0.3, -0.25) is 9.78 Å². The number of pyridine rings is 1. The molecule has 0 fully saturated rings. The van der Waals surface area contributed by atoms with E-state index < -0.39 is 0 Å². The lowest BCUT2D eigenvalue weighted by atomic mass is 10.2. The molecule has 0 unspecified atom stereocenters. The van der Waals surface area contributed by atoms with E-state index >= 15 is 0 Å². The minimum absolute atomic E-state index is 0.00831. The Morgan fingerprint density at radius 2 is 1.95 bits per heavy atom. The molecule has 4 nitrogen and oxygen atoms in total. The molecular formula is C17H20N2O2. The monoisotopic (exact) mass is 284 g/mol. The van der Waals surface area contributed by atoms with Gasteiger partial charge in [-0.05, 0) is 43.3 Å². The molecule has 0 N–H and O–H groups in total. The number of hydrogen-bond donors (Lipinski definition) is 0. The summed E-state index contributed by atoms with van der Waals surface area (Å²) in [5.74, 6) is 0.791. The molecule has 1 amide bonds. The van der Waals surface area contributed by atoms with Crippen LogP contribution in [0.5, 0.6) is 5.75 Å². The van der Waals surface area contributed by atoms with Crippen molar-refractivity contribution < 1.29 is 9.53 Å². The summed E-state index contributed by atoms with van der Waals surface area (Å²) in [7, 11) is 1.81. The van der Waals surface area contributed by atoms with E-state index in [9.17, 15) is 4.79 Å². The standard InChI is InChI=1S/C17H20N2O2/c1-3-21-16-9-7-14(8-10-16)17(20)19(2)13-11-15-6-4-5-12-18-15/h4-10,12H,3,11,13H2,1-2H3. The molecule has 1 heterocycles. The summed E-state index contributed by atoms with van der Waals surface area (Å²) in [6.45, 7) is 3.20. The first-order valence-electron chi connectivity index (χ1n) is 7.09. The van der Waals surface area contributed by atoms with Crippen molar-refractivity contribution in [2.45, 2.75) is 13.3 Å². The van der Waals surface area contributed by atoms with E-state index in [4.69, 9.17) is 4.74 Å². The Balaban J connectivity index is 1.92. The van der Waals surface area contributed by atoms with E-state index in [0.717, 1.165) is 17.9 Å². The van der Waals surface area contributed by atoms with Gasteiger partial charge in [-0.25, -0.2) is 0 Å². The number of carbonyl (C=O) groups excluding carboxylic acids is 1. The molecular weight excluding hydrogens is 264 g/mol. The summed E-state index contributed by atoms with van der Waals surface area (Å²) < 4.78 is 5.37. The zero-order valence-corrected chi connectivity index (χ0v) is 12.5. The summed E-state index contributed by atoms with van der Waals surface area (Å²) in [5.41, 5.74) is 1.66. The number of nitrogens with zero attached hydrogens (tertiary/aromatic N) is 2. The summed E-state index contributed by atoms with van der Waals surface area (Å²) in [6, 6.07) is 13.0. The molecule has 110 valence electrons. The second-order valence-electron chi connectivity index (χ2n) is 4.76. The van der Waals surface area contributed by atoms with Crippen molar-refractivity contribution in [3.63, 3.8) is 0 Å². The smallest absolute Gasteiger partial charge is 0.253 e. The van der Waals surface area contributed by atoms with Crippen LogP contribution in [0.1, 0.15) is 23.0 Å². The summed E-state index contributed by atoms with van der Waals surface area (Å²) in [6.07, 6.45) is 2.52. The molecule has 1 aromatic heterocycles. The molecule has 0 saturated carbocycles. The maximum absolute atomic E-state index is 12.3. The van der Waals surface area contributed by atoms with E-state index in [-0.39, 0.29) is 5.91 Å². The Bertz CT molecular complexity index is 567. The van der Waals surface area contributed by atoms with E-state index in [1.165, 1.54) is 0 Å². The first-order valence-corrected chi connectivity index (χ1v) is 7.09. The highest BCUT2D eigenvalue weighted by Gasteiger charge is 2.11. The summed E-state index contributed by atoms with van der Waals surface area (Å²) in [4.78, 5) is 18.3. The van der Waals surface area contributed by atoms with Gasteiger partial charge in [0, 0.05) is 37.5 Å².